The second-order valence-corrected chi connectivity index (χ2v) is 3.83. The predicted octanol–water partition coefficient (Wildman–Crippen LogP) is 0.806. The highest BCUT2D eigenvalue weighted by atomic mass is 16.6. The van der Waals surface area contributed by atoms with Gasteiger partial charge in [0.1, 0.15) is 0 Å². The van der Waals surface area contributed by atoms with Crippen LogP contribution >= 0.6 is 0 Å². The molecule has 1 aliphatic rings. The van der Waals surface area contributed by atoms with Crippen molar-refractivity contribution in [3.05, 3.63) is 0 Å². The first kappa shape index (κ1) is 12.9. The molecule has 4 nitrogen and oxygen atoms in total. The van der Waals surface area contributed by atoms with Gasteiger partial charge in [-0.2, -0.15) is 0 Å². The van der Waals surface area contributed by atoms with Crippen LogP contribution in [0.4, 0.5) is 0 Å². The molecule has 2 atom stereocenters. The monoisotopic (exact) mass is 217 g/mol. The van der Waals surface area contributed by atoms with Crippen molar-refractivity contribution in [1.82, 2.24) is 5.32 Å². The van der Waals surface area contributed by atoms with E-state index in [2.05, 4.69) is 12.2 Å². The smallest absolute Gasteiger partial charge is 0.0813 e. The third-order valence-electron chi connectivity index (χ3n) is 2.55. The van der Waals surface area contributed by atoms with Gasteiger partial charge in [0.05, 0.1) is 32.0 Å². The molecule has 0 radical (unpaired) electrons. The van der Waals surface area contributed by atoms with E-state index < -0.39 is 0 Å². The first-order valence-electron chi connectivity index (χ1n) is 5.79. The van der Waals surface area contributed by atoms with Crippen LogP contribution in [0.2, 0.25) is 0 Å². The van der Waals surface area contributed by atoms with E-state index in [9.17, 15) is 0 Å². The molecule has 0 amide bonds. The van der Waals surface area contributed by atoms with Gasteiger partial charge in [-0.05, 0) is 19.4 Å². The molecule has 2 unspecified atom stereocenters. The van der Waals surface area contributed by atoms with E-state index in [1.54, 1.807) is 7.11 Å². The van der Waals surface area contributed by atoms with Crippen molar-refractivity contribution in [2.75, 3.05) is 40.0 Å². The Morgan fingerprint density at radius 1 is 1.27 bits per heavy atom. The highest BCUT2D eigenvalue weighted by Gasteiger charge is 2.24. The fourth-order valence-electron chi connectivity index (χ4n) is 1.72. The van der Waals surface area contributed by atoms with Gasteiger partial charge < -0.3 is 19.5 Å². The number of likely N-dealkylation sites (N-methyl/N-ethyl adjacent to an activating group) is 1. The van der Waals surface area contributed by atoms with Crippen LogP contribution in [0.1, 0.15) is 19.8 Å². The Bertz CT molecular complexity index is 155. The molecule has 0 spiro atoms. The molecule has 1 N–H and O–H groups in total. The summed E-state index contributed by atoms with van der Waals surface area (Å²) in [6, 6.07) is 0. The summed E-state index contributed by atoms with van der Waals surface area (Å²) in [6.45, 7) is 6.11. The van der Waals surface area contributed by atoms with Gasteiger partial charge in [0.25, 0.3) is 0 Å². The first-order valence-corrected chi connectivity index (χ1v) is 5.79. The van der Waals surface area contributed by atoms with E-state index >= 15 is 0 Å². The number of hydrogen-bond donors (Lipinski definition) is 1. The molecular formula is C11H23NO3. The highest BCUT2D eigenvalue weighted by Crippen LogP contribution is 2.19. The average molecular weight is 217 g/mol. The molecule has 90 valence electrons. The van der Waals surface area contributed by atoms with Crippen molar-refractivity contribution in [1.29, 1.82) is 0 Å². The van der Waals surface area contributed by atoms with E-state index in [1.807, 2.05) is 0 Å². The minimum Gasteiger partial charge on any atom is -0.382 e. The fraction of sp³-hybridized carbons (Fsp3) is 1.00. The summed E-state index contributed by atoms with van der Waals surface area (Å²) in [5.74, 6) is 0. The van der Waals surface area contributed by atoms with Crippen molar-refractivity contribution in [2.45, 2.75) is 32.0 Å². The fourth-order valence-corrected chi connectivity index (χ4v) is 1.72. The van der Waals surface area contributed by atoms with Crippen LogP contribution in [-0.4, -0.2) is 52.2 Å². The van der Waals surface area contributed by atoms with Crippen LogP contribution in [0.15, 0.2) is 0 Å². The zero-order chi connectivity index (χ0) is 10.9. The molecule has 1 fully saturated rings. The minimum absolute atomic E-state index is 0.283. The highest BCUT2D eigenvalue weighted by molar-refractivity contribution is 4.74. The number of hydrogen-bond acceptors (Lipinski definition) is 4. The van der Waals surface area contributed by atoms with Gasteiger partial charge in [-0.3, -0.25) is 0 Å². The van der Waals surface area contributed by atoms with E-state index in [0.717, 1.165) is 25.9 Å². The zero-order valence-electron chi connectivity index (χ0n) is 9.83. The van der Waals surface area contributed by atoms with Gasteiger partial charge in [-0.1, -0.05) is 6.92 Å². The molecule has 0 aliphatic carbocycles. The van der Waals surface area contributed by atoms with Crippen molar-refractivity contribution in [3.8, 4) is 0 Å². The predicted molar refractivity (Wildman–Crippen MR) is 59.1 cm³/mol. The van der Waals surface area contributed by atoms with Crippen LogP contribution in [0.5, 0.6) is 0 Å². The number of nitrogens with one attached hydrogen (secondary N) is 1. The number of ether oxygens (including phenoxy) is 3. The normalized spacial score (nSPS) is 26.0. The van der Waals surface area contributed by atoms with E-state index in [4.69, 9.17) is 14.2 Å². The SMILES string of the molecule is CCNCC1CCC(COCCOC)O1. The molecule has 1 heterocycles. The summed E-state index contributed by atoms with van der Waals surface area (Å²) in [5, 5.41) is 3.30. The molecule has 1 saturated heterocycles. The van der Waals surface area contributed by atoms with Crippen LogP contribution in [0.25, 0.3) is 0 Å². The summed E-state index contributed by atoms with van der Waals surface area (Å²) in [6.07, 6.45) is 2.92. The maximum Gasteiger partial charge on any atom is 0.0813 e. The third-order valence-corrected chi connectivity index (χ3v) is 2.55. The number of methoxy groups -OCH3 is 1. The zero-order valence-corrected chi connectivity index (χ0v) is 9.83. The van der Waals surface area contributed by atoms with Gasteiger partial charge >= 0.3 is 0 Å². The van der Waals surface area contributed by atoms with Crippen molar-refractivity contribution >= 4 is 0 Å². The third kappa shape index (κ3) is 5.47. The Balaban J connectivity index is 1.98. The lowest BCUT2D eigenvalue weighted by molar-refractivity contribution is -0.0242. The van der Waals surface area contributed by atoms with Gasteiger partial charge in [0.2, 0.25) is 0 Å². The summed E-state index contributed by atoms with van der Waals surface area (Å²) in [4.78, 5) is 0. The first-order chi connectivity index (χ1) is 7.36. The maximum atomic E-state index is 5.82. The maximum absolute atomic E-state index is 5.82. The molecule has 0 aromatic rings. The van der Waals surface area contributed by atoms with Crippen LogP contribution in [0.3, 0.4) is 0 Å². The lowest BCUT2D eigenvalue weighted by atomic mass is 10.2. The van der Waals surface area contributed by atoms with Crippen LogP contribution in [-0.2, 0) is 14.2 Å². The Morgan fingerprint density at radius 3 is 2.80 bits per heavy atom. The van der Waals surface area contributed by atoms with Gasteiger partial charge in [0.15, 0.2) is 0 Å². The largest absolute Gasteiger partial charge is 0.382 e. The molecule has 0 saturated carbocycles. The van der Waals surface area contributed by atoms with E-state index in [-0.39, 0.29) is 6.10 Å². The minimum atomic E-state index is 0.283. The van der Waals surface area contributed by atoms with E-state index in [1.165, 1.54) is 0 Å². The molecule has 1 aliphatic heterocycles. The standard InChI is InChI=1S/C11H23NO3/c1-3-12-8-10-4-5-11(15-10)9-14-7-6-13-2/h10-12H,3-9H2,1-2H3. The topological polar surface area (TPSA) is 39.7 Å². The van der Waals surface area contributed by atoms with Gasteiger partial charge in [-0.15, -0.1) is 0 Å². The Kier molecular flexibility index (Phi) is 6.92. The van der Waals surface area contributed by atoms with Crippen molar-refractivity contribution < 1.29 is 14.2 Å². The lowest BCUT2D eigenvalue weighted by Crippen LogP contribution is -2.27. The Morgan fingerprint density at radius 2 is 2.07 bits per heavy atom. The summed E-state index contributed by atoms with van der Waals surface area (Å²) < 4.78 is 16.2. The number of rotatable bonds is 8. The van der Waals surface area contributed by atoms with Gasteiger partial charge in [-0.25, -0.2) is 0 Å². The molecule has 4 heteroatoms. The van der Waals surface area contributed by atoms with Crippen molar-refractivity contribution in [3.63, 3.8) is 0 Å². The Labute approximate surface area is 92.3 Å². The van der Waals surface area contributed by atoms with Crippen LogP contribution < -0.4 is 5.32 Å². The summed E-state index contributed by atoms with van der Waals surface area (Å²) in [7, 11) is 1.68. The molecule has 0 aromatic carbocycles. The average Bonchev–Trinajstić information content (AvgIpc) is 2.69. The Hall–Kier alpha value is -0.160. The summed E-state index contributed by atoms with van der Waals surface area (Å²) in [5.41, 5.74) is 0. The lowest BCUT2D eigenvalue weighted by Gasteiger charge is -2.14. The van der Waals surface area contributed by atoms with Crippen LogP contribution in [0, 0.1) is 0 Å². The van der Waals surface area contributed by atoms with Gasteiger partial charge in [0, 0.05) is 13.7 Å². The molecular weight excluding hydrogens is 194 g/mol. The molecule has 0 bridgehead atoms. The quantitative estimate of drug-likeness (QED) is 0.611. The van der Waals surface area contributed by atoms with E-state index in [0.29, 0.717) is 25.9 Å². The molecule has 0 aromatic heterocycles. The van der Waals surface area contributed by atoms with Crippen molar-refractivity contribution in [2.24, 2.45) is 0 Å². The molecule has 15 heavy (non-hydrogen) atoms. The second-order valence-electron chi connectivity index (χ2n) is 3.83. The summed E-state index contributed by atoms with van der Waals surface area (Å²) >= 11 is 0. The molecule has 1 rings (SSSR count). The second kappa shape index (κ2) is 8.05.